The Morgan fingerprint density at radius 1 is 0.314 bits per heavy atom. The number of benzene rings is 16. The molecule has 2 spiro atoms. The summed E-state index contributed by atoms with van der Waals surface area (Å²) >= 11 is 7.14. The molecule has 4 heteroatoms. The number of fused-ring (bicyclic) bond motifs is 27. The SMILES string of the molecule is Clc1ccc2c(c1)C1(c3ccccc3-c3ccccc31)c1cccc(C3Cc4cccc(-c5ccc6c(c5)-c5ccccc5C65c6cc(N7c8ccccc8C(c8ccccc8)(c8ccccc8)c8ccccc87)ccc6-c6c(-c7cccc8c7oc7ccccc78)cccc65)c4Oc4ccccc43)c1-2. The van der Waals surface area contributed by atoms with E-state index in [0.29, 0.717) is 0 Å². The average molecular weight is 1360 g/mol. The van der Waals surface area contributed by atoms with Crippen molar-refractivity contribution >= 4 is 50.6 Å². The second-order valence-electron chi connectivity index (χ2n) is 29.1. The molecule has 3 heterocycles. The third-order valence-electron chi connectivity index (χ3n) is 24.5. The number of ether oxygens (including phenoxy) is 1. The largest absolute Gasteiger partial charge is 0.456 e. The molecule has 17 aromatic rings. The second kappa shape index (κ2) is 21.9. The van der Waals surface area contributed by atoms with Gasteiger partial charge >= 0.3 is 0 Å². The first-order chi connectivity index (χ1) is 52.0. The molecule has 0 bridgehead atoms. The highest BCUT2D eigenvalue weighted by molar-refractivity contribution is 6.31. The second-order valence-corrected chi connectivity index (χ2v) is 29.6. The van der Waals surface area contributed by atoms with Crippen LogP contribution < -0.4 is 9.64 Å². The van der Waals surface area contributed by atoms with E-state index >= 15 is 0 Å². The third kappa shape index (κ3) is 7.69. The van der Waals surface area contributed by atoms with E-state index in [4.69, 9.17) is 20.8 Å². The Morgan fingerprint density at radius 3 is 1.54 bits per heavy atom. The smallest absolute Gasteiger partial charge is 0.143 e. The maximum Gasteiger partial charge on any atom is 0.143 e. The van der Waals surface area contributed by atoms with Crippen LogP contribution >= 0.6 is 11.6 Å². The van der Waals surface area contributed by atoms with Gasteiger partial charge in [0.1, 0.15) is 22.7 Å². The number of furan rings is 1. The van der Waals surface area contributed by atoms with Crippen LogP contribution in [0.5, 0.6) is 11.5 Å². The Hall–Kier alpha value is -12.8. The zero-order chi connectivity index (χ0) is 68.9. The lowest BCUT2D eigenvalue weighted by Crippen LogP contribution is -2.37. The summed E-state index contributed by atoms with van der Waals surface area (Å²) < 4.78 is 14.5. The number of para-hydroxylation sites is 6. The van der Waals surface area contributed by atoms with Gasteiger partial charge in [0.05, 0.1) is 27.6 Å². The van der Waals surface area contributed by atoms with Crippen molar-refractivity contribution in [2.75, 3.05) is 4.90 Å². The van der Waals surface area contributed by atoms with Crippen LogP contribution in [0.2, 0.25) is 5.02 Å². The monoisotopic (exact) mass is 1360 g/mol. The zero-order valence-corrected chi connectivity index (χ0v) is 57.7. The van der Waals surface area contributed by atoms with Gasteiger partial charge in [-0.2, -0.15) is 0 Å². The molecule has 105 heavy (non-hydrogen) atoms. The van der Waals surface area contributed by atoms with Gasteiger partial charge in [0, 0.05) is 44.1 Å². The van der Waals surface area contributed by atoms with Crippen molar-refractivity contribution in [2.24, 2.45) is 0 Å². The number of nitrogens with zero attached hydrogens (tertiary/aromatic N) is 1. The normalized spacial score (nSPS) is 16.4. The van der Waals surface area contributed by atoms with E-state index in [-0.39, 0.29) is 5.92 Å². The summed E-state index contributed by atoms with van der Waals surface area (Å²) in [6.07, 6.45) is 0.724. The fraction of sp³-hybridized carbons (Fsp3) is 0.0495. The van der Waals surface area contributed by atoms with Crippen molar-refractivity contribution in [3.8, 4) is 78.3 Å². The van der Waals surface area contributed by atoms with Crippen LogP contribution in [-0.4, -0.2) is 0 Å². The van der Waals surface area contributed by atoms with Crippen LogP contribution in [0.4, 0.5) is 17.1 Å². The molecule has 490 valence electrons. The fourth-order valence-corrected chi connectivity index (χ4v) is 20.7. The molecule has 0 saturated heterocycles. The van der Waals surface area contributed by atoms with Crippen LogP contribution in [0.1, 0.15) is 89.4 Å². The lowest BCUT2D eigenvalue weighted by Gasteiger charge is -2.46. The minimum atomic E-state index is -0.757. The molecule has 0 saturated carbocycles. The van der Waals surface area contributed by atoms with Gasteiger partial charge in [-0.25, -0.2) is 0 Å². The molecule has 2 unspecified atom stereocenters. The lowest BCUT2D eigenvalue weighted by molar-refractivity contribution is 0.480. The number of hydrogen-bond acceptors (Lipinski definition) is 3. The predicted octanol–water partition coefficient (Wildman–Crippen LogP) is 25.9. The molecule has 2 aliphatic heterocycles. The highest BCUT2D eigenvalue weighted by Crippen LogP contribution is 2.68. The van der Waals surface area contributed by atoms with Gasteiger partial charge in [-0.05, 0) is 195 Å². The molecular weight excluding hydrogens is 1290 g/mol. The van der Waals surface area contributed by atoms with E-state index < -0.39 is 16.2 Å². The Labute approximate surface area is 613 Å². The maximum atomic E-state index is 7.56. The van der Waals surface area contributed by atoms with Crippen molar-refractivity contribution in [3.05, 3.63) is 446 Å². The van der Waals surface area contributed by atoms with E-state index in [1.807, 2.05) is 0 Å². The lowest BCUT2D eigenvalue weighted by atomic mass is 9.62. The van der Waals surface area contributed by atoms with Gasteiger partial charge < -0.3 is 14.1 Å². The molecule has 2 atom stereocenters. The third-order valence-corrected chi connectivity index (χ3v) is 24.7. The van der Waals surface area contributed by atoms with Crippen LogP contribution in [0, 0.1) is 0 Å². The molecule has 0 amide bonds. The zero-order valence-electron chi connectivity index (χ0n) is 57.0. The molecule has 3 nitrogen and oxygen atoms in total. The van der Waals surface area contributed by atoms with Gasteiger partial charge in [0.2, 0.25) is 0 Å². The van der Waals surface area contributed by atoms with Crippen molar-refractivity contribution in [2.45, 2.75) is 28.6 Å². The minimum absolute atomic E-state index is 0.0525. The molecule has 1 aromatic heterocycles. The van der Waals surface area contributed by atoms with Crippen LogP contribution in [0.25, 0.3) is 88.7 Å². The van der Waals surface area contributed by atoms with Gasteiger partial charge in [0.15, 0.2) is 0 Å². The maximum absolute atomic E-state index is 7.56. The van der Waals surface area contributed by atoms with E-state index in [1.165, 1.54) is 122 Å². The minimum Gasteiger partial charge on any atom is -0.456 e. The Morgan fingerprint density at radius 2 is 0.819 bits per heavy atom. The van der Waals surface area contributed by atoms with Crippen LogP contribution in [0.3, 0.4) is 0 Å². The standard InChI is InChI=1S/C101H62ClNO2/c102-65-52-54-77-89(59-65)100(81-40-12-7-30-68(81)69-31-8-13-41-82(69)100)88-46-24-37-74(96(77)88)79-58-62-25-21-35-67(97(62)104-94-50-20-11-34-72(79)94)61-51-56-84-80(57-61)70-32-9-14-42-83(70)101(84)87-45-23-36-73(76-39-22-38-75-71-33-10-19-49-93(71)105-98(75)76)95(87)78-55-53-66(60-90(78)101)103-91-47-17-15-43-85(91)99(63-26-3-1-4-27-63,64-28-5-2-6-29-64)86-44-16-18-48-92(86)103/h1-57,59-60,79H,58H2. The van der Waals surface area contributed by atoms with Gasteiger partial charge in [-0.3, -0.25) is 0 Å². The highest BCUT2D eigenvalue weighted by Gasteiger charge is 2.55. The quantitative estimate of drug-likeness (QED) is 0.166. The molecule has 0 N–H and O–H groups in total. The molecule has 4 aliphatic carbocycles. The highest BCUT2D eigenvalue weighted by atomic mass is 35.5. The van der Waals surface area contributed by atoms with E-state index in [0.717, 1.165) is 89.8 Å². The van der Waals surface area contributed by atoms with E-state index in [2.05, 4.69) is 363 Å². The first-order valence-electron chi connectivity index (χ1n) is 36.6. The number of hydrogen-bond donors (Lipinski definition) is 0. The summed E-state index contributed by atoms with van der Waals surface area (Å²) in [6, 6.07) is 134. The fourth-order valence-electron chi connectivity index (χ4n) is 20.6. The van der Waals surface area contributed by atoms with Gasteiger partial charge in [-0.15, -0.1) is 0 Å². The van der Waals surface area contributed by atoms with Crippen molar-refractivity contribution < 1.29 is 9.15 Å². The van der Waals surface area contributed by atoms with Crippen molar-refractivity contribution in [3.63, 3.8) is 0 Å². The van der Waals surface area contributed by atoms with Crippen LogP contribution in [0.15, 0.2) is 362 Å². The first kappa shape index (κ1) is 58.8. The number of halogens is 1. The summed E-state index contributed by atoms with van der Waals surface area (Å²) in [7, 11) is 0. The average Bonchev–Trinajstić information content (AvgIpc) is 1.33. The van der Waals surface area contributed by atoms with Crippen molar-refractivity contribution in [1.82, 2.24) is 0 Å². The first-order valence-corrected chi connectivity index (χ1v) is 36.9. The molecule has 0 radical (unpaired) electrons. The Bertz CT molecular complexity index is 6460. The van der Waals surface area contributed by atoms with E-state index in [9.17, 15) is 0 Å². The van der Waals surface area contributed by atoms with E-state index in [1.54, 1.807) is 0 Å². The summed E-state index contributed by atoms with van der Waals surface area (Å²) in [5.74, 6) is 1.70. The number of anilines is 3. The summed E-state index contributed by atoms with van der Waals surface area (Å²) in [5, 5.41) is 2.95. The Balaban J connectivity index is 0.719. The van der Waals surface area contributed by atoms with Crippen molar-refractivity contribution in [1.29, 1.82) is 0 Å². The van der Waals surface area contributed by atoms with Gasteiger partial charge in [0.25, 0.3) is 0 Å². The molecule has 0 fully saturated rings. The summed E-state index contributed by atoms with van der Waals surface area (Å²) in [4.78, 5) is 2.54. The summed E-state index contributed by atoms with van der Waals surface area (Å²) in [5.41, 5.74) is 36.0. The summed E-state index contributed by atoms with van der Waals surface area (Å²) in [6.45, 7) is 0. The van der Waals surface area contributed by atoms with Crippen LogP contribution in [-0.2, 0) is 22.7 Å². The topological polar surface area (TPSA) is 25.6 Å². The molecule has 6 aliphatic rings. The number of rotatable bonds is 6. The molecule has 23 rings (SSSR count). The van der Waals surface area contributed by atoms with Gasteiger partial charge in [-0.1, -0.05) is 315 Å². The Kier molecular flexibility index (Phi) is 12.3. The molecular formula is C101H62ClNO2. The predicted molar refractivity (Wildman–Crippen MR) is 427 cm³/mol. The molecule has 16 aromatic carbocycles.